The Labute approximate surface area is 175 Å². The molecule has 0 aliphatic carbocycles. The van der Waals surface area contributed by atoms with Crippen LogP contribution in [0.2, 0.25) is 0 Å². The molecular weight excluding hydrogens is 388 g/mol. The number of carbonyl (C=O) groups is 2. The van der Waals surface area contributed by atoms with E-state index in [1.54, 1.807) is 11.3 Å². The van der Waals surface area contributed by atoms with Crippen molar-refractivity contribution in [3.63, 3.8) is 0 Å². The van der Waals surface area contributed by atoms with Gasteiger partial charge in [-0.15, -0.1) is 11.3 Å². The summed E-state index contributed by atoms with van der Waals surface area (Å²) in [6.45, 7) is 10.5. The third kappa shape index (κ3) is 3.04. The Balaban J connectivity index is 1.26. The highest BCUT2D eigenvalue weighted by atomic mass is 32.1. The summed E-state index contributed by atoms with van der Waals surface area (Å²) in [6.07, 6.45) is 3.76. The normalized spacial score (nSPS) is 33.9. The molecule has 1 aromatic rings. The van der Waals surface area contributed by atoms with E-state index in [-0.39, 0.29) is 35.8 Å². The van der Waals surface area contributed by atoms with Crippen molar-refractivity contribution in [2.24, 2.45) is 11.8 Å². The number of thiazole rings is 1. The molecular formula is C21H28N4O3S. The fraction of sp³-hybridized carbons (Fsp3) is 0.667. The van der Waals surface area contributed by atoms with Crippen LogP contribution in [0.3, 0.4) is 0 Å². The predicted molar refractivity (Wildman–Crippen MR) is 109 cm³/mol. The van der Waals surface area contributed by atoms with Gasteiger partial charge in [0, 0.05) is 44.1 Å². The van der Waals surface area contributed by atoms with Crippen LogP contribution < -0.4 is 0 Å². The van der Waals surface area contributed by atoms with Gasteiger partial charge in [0.1, 0.15) is 5.60 Å². The first-order valence-electron chi connectivity index (χ1n) is 10.5. The minimum absolute atomic E-state index is 0.0720. The molecule has 2 amide bonds. The average Bonchev–Trinajstić information content (AvgIpc) is 3.43. The standard InChI is InChI=1S/C21H28N4O3S/c1-13(2)25-12-21-5-4-16(28-21)17(18(21)20(25)27)19(26)24-8-6-23(7-9-24)10-15-11-29-14(3)22-15/h4-5,11,13,16-18H,6-10,12H2,1-3H3/t16-,17+,18+,21+/m1/s1. The third-order valence-corrected chi connectivity index (χ3v) is 7.60. The van der Waals surface area contributed by atoms with E-state index in [1.165, 1.54) is 0 Å². The third-order valence-electron chi connectivity index (χ3n) is 6.77. The molecule has 29 heavy (non-hydrogen) atoms. The second-order valence-corrected chi connectivity index (χ2v) is 9.98. The van der Waals surface area contributed by atoms with Crippen molar-refractivity contribution in [1.82, 2.24) is 19.7 Å². The number of likely N-dealkylation sites (tertiary alicyclic amines) is 1. The number of carbonyl (C=O) groups excluding carboxylic acids is 2. The van der Waals surface area contributed by atoms with Gasteiger partial charge in [-0.1, -0.05) is 12.2 Å². The minimum Gasteiger partial charge on any atom is -0.360 e. The molecule has 1 aromatic heterocycles. The zero-order chi connectivity index (χ0) is 20.3. The highest BCUT2D eigenvalue weighted by Crippen LogP contribution is 2.52. The molecule has 4 aliphatic heterocycles. The number of rotatable bonds is 4. The lowest BCUT2D eigenvalue weighted by atomic mass is 9.76. The van der Waals surface area contributed by atoms with Crippen LogP contribution in [0.5, 0.6) is 0 Å². The van der Waals surface area contributed by atoms with Crippen molar-refractivity contribution < 1.29 is 14.3 Å². The molecule has 4 aliphatic rings. The van der Waals surface area contributed by atoms with E-state index in [2.05, 4.69) is 15.3 Å². The van der Waals surface area contributed by atoms with Gasteiger partial charge in [-0.2, -0.15) is 0 Å². The zero-order valence-electron chi connectivity index (χ0n) is 17.2. The summed E-state index contributed by atoms with van der Waals surface area (Å²) < 4.78 is 6.22. The van der Waals surface area contributed by atoms with Crippen LogP contribution in [-0.4, -0.2) is 82.0 Å². The number of hydrogen-bond donors (Lipinski definition) is 0. The van der Waals surface area contributed by atoms with Gasteiger partial charge in [0.2, 0.25) is 11.8 Å². The molecule has 7 nitrogen and oxygen atoms in total. The molecule has 3 fully saturated rings. The number of nitrogens with zero attached hydrogens (tertiary/aromatic N) is 4. The van der Waals surface area contributed by atoms with E-state index in [9.17, 15) is 9.59 Å². The number of aryl methyl sites for hydroxylation is 1. The number of amides is 2. The average molecular weight is 417 g/mol. The smallest absolute Gasteiger partial charge is 0.230 e. The fourth-order valence-corrected chi connectivity index (χ4v) is 5.90. The molecule has 156 valence electrons. The topological polar surface area (TPSA) is 66.0 Å². The van der Waals surface area contributed by atoms with Gasteiger partial charge in [-0.05, 0) is 20.8 Å². The van der Waals surface area contributed by atoms with Gasteiger partial charge < -0.3 is 14.5 Å². The lowest BCUT2D eigenvalue weighted by molar-refractivity contribution is -0.145. The summed E-state index contributed by atoms with van der Waals surface area (Å²) in [7, 11) is 0. The first-order chi connectivity index (χ1) is 13.9. The van der Waals surface area contributed by atoms with Gasteiger partial charge in [0.25, 0.3) is 0 Å². The SMILES string of the molecule is Cc1nc(CN2CCN(C(=O)[C@@H]3[C@H]4C(=O)N(C(C)C)C[C@@]45C=C[C@H]3O5)CC2)cs1. The summed E-state index contributed by atoms with van der Waals surface area (Å²) in [6, 6.07) is 0.118. The predicted octanol–water partition coefficient (Wildman–Crippen LogP) is 1.29. The minimum atomic E-state index is -0.601. The Kier molecular flexibility index (Phi) is 4.56. The second kappa shape index (κ2) is 6.89. The molecule has 5 heterocycles. The van der Waals surface area contributed by atoms with Crippen molar-refractivity contribution in [2.45, 2.75) is 45.1 Å². The number of piperazine rings is 1. The molecule has 0 aromatic carbocycles. The van der Waals surface area contributed by atoms with Gasteiger partial charge >= 0.3 is 0 Å². The Morgan fingerprint density at radius 3 is 2.76 bits per heavy atom. The van der Waals surface area contributed by atoms with Crippen LogP contribution in [-0.2, 0) is 20.9 Å². The molecule has 3 saturated heterocycles. The van der Waals surface area contributed by atoms with E-state index in [4.69, 9.17) is 4.74 Å². The number of aromatic nitrogens is 1. The Morgan fingerprint density at radius 2 is 2.10 bits per heavy atom. The molecule has 4 atom stereocenters. The maximum absolute atomic E-state index is 13.4. The summed E-state index contributed by atoms with van der Waals surface area (Å²) in [5, 5.41) is 3.20. The molecule has 0 N–H and O–H groups in total. The fourth-order valence-electron chi connectivity index (χ4n) is 5.29. The van der Waals surface area contributed by atoms with Crippen molar-refractivity contribution in [2.75, 3.05) is 32.7 Å². The van der Waals surface area contributed by atoms with Crippen LogP contribution in [0.25, 0.3) is 0 Å². The Morgan fingerprint density at radius 1 is 1.34 bits per heavy atom. The van der Waals surface area contributed by atoms with Crippen LogP contribution in [0.1, 0.15) is 24.5 Å². The first kappa shape index (κ1) is 19.2. The van der Waals surface area contributed by atoms with Gasteiger partial charge in [-0.25, -0.2) is 4.98 Å². The molecule has 2 bridgehead atoms. The maximum atomic E-state index is 13.4. The summed E-state index contributed by atoms with van der Waals surface area (Å²) in [4.78, 5) is 37.2. The first-order valence-corrected chi connectivity index (χ1v) is 11.4. The van der Waals surface area contributed by atoms with Crippen LogP contribution >= 0.6 is 11.3 Å². The van der Waals surface area contributed by atoms with Crippen molar-refractivity contribution in [3.8, 4) is 0 Å². The van der Waals surface area contributed by atoms with E-state index < -0.39 is 5.60 Å². The van der Waals surface area contributed by atoms with Gasteiger partial charge in [0.05, 0.1) is 35.2 Å². The number of fused-ring (bicyclic) bond motifs is 1. The van der Waals surface area contributed by atoms with Gasteiger partial charge in [-0.3, -0.25) is 14.5 Å². The zero-order valence-corrected chi connectivity index (χ0v) is 18.0. The highest BCUT2D eigenvalue weighted by molar-refractivity contribution is 7.09. The van der Waals surface area contributed by atoms with E-state index >= 15 is 0 Å². The Hall–Kier alpha value is -1.77. The lowest BCUT2D eigenvalue weighted by Gasteiger charge is -2.37. The van der Waals surface area contributed by atoms with Crippen LogP contribution in [0, 0.1) is 18.8 Å². The van der Waals surface area contributed by atoms with E-state index in [0.29, 0.717) is 19.6 Å². The molecule has 8 heteroatoms. The van der Waals surface area contributed by atoms with E-state index in [1.807, 2.05) is 42.7 Å². The molecule has 1 spiro atoms. The van der Waals surface area contributed by atoms with Crippen molar-refractivity contribution in [3.05, 3.63) is 28.2 Å². The van der Waals surface area contributed by atoms with Crippen molar-refractivity contribution in [1.29, 1.82) is 0 Å². The highest BCUT2D eigenvalue weighted by Gasteiger charge is 2.67. The second-order valence-electron chi connectivity index (χ2n) is 8.92. The summed E-state index contributed by atoms with van der Waals surface area (Å²) in [5.41, 5.74) is 0.502. The lowest BCUT2D eigenvalue weighted by Crippen LogP contribution is -2.53. The summed E-state index contributed by atoms with van der Waals surface area (Å²) >= 11 is 1.67. The molecule has 5 rings (SSSR count). The monoisotopic (exact) mass is 416 g/mol. The van der Waals surface area contributed by atoms with Crippen LogP contribution in [0.15, 0.2) is 17.5 Å². The number of ether oxygens (including phenoxy) is 1. The number of hydrogen-bond acceptors (Lipinski definition) is 6. The van der Waals surface area contributed by atoms with E-state index in [0.717, 1.165) is 30.3 Å². The molecule has 0 radical (unpaired) electrons. The van der Waals surface area contributed by atoms with Crippen molar-refractivity contribution >= 4 is 23.2 Å². The Bertz CT molecular complexity index is 860. The molecule has 0 saturated carbocycles. The van der Waals surface area contributed by atoms with Crippen LogP contribution in [0.4, 0.5) is 0 Å². The quantitative estimate of drug-likeness (QED) is 0.692. The largest absolute Gasteiger partial charge is 0.360 e. The summed E-state index contributed by atoms with van der Waals surface area (Å²) in [5.74, 6) is -0.607. The maximum Gasteiger partial charge on any atom is 0.230 e. The molecule has 0 unspecified atom stereocenters. The van der Waals surface area contributed by atoms with Gasteiger partial charge in [0.15, 0.2) is 0 Å².